The minimum absolute atomic E-state index is 0.746. The Balaban J connectivity index is 2.24. The molecule has 0 amide bonds. The minimum Gasteiger partial charge on any atom is -0.495 e. The topological polar surface area (TPSA) is 9.23 Å². The highest BCUT2D eigenvalue weighted by Crippen LogP contribution is 2.43. The van der Waals surface area contributed by atoms with Crippen LogP contribution in [0.5, 0.6) is 5.75 Å². The molecule has 2 aromatic carbocycles. The summed E-state index contributed by atoms with van der Waals surface area (Å²) in [7, 11) is 1.65. The van der Waals surface area contributed by atoms with Gasteiger partial charge in [-0.05, 0) is 28.3 Å². The van der Waals surface area contributed by atoms with Crippen LogP contribution >= 0.6 is 11.6 Å². The van der Waals surface area contributed by atoms with E-state index >= 15 is 0 Å². The molecule has 0 N–H and O–H groups in total. The van der Waals surface area contributed by atoms with E-state index in [9.17, 15) is 0 Å². The van der Waals surface area contributed by atoms with Crippen molar-refractivity contribution in [2.45, 2.75) is 6.42 Å². The van der Waals surface area contributed by atoms with E-state index < -0.39 is 0 Å². The smallest absolute Gasteiger partial charge is 0.137 e. The van der Waals surface area contributed by atoms with Crippen molar-refractivity contribution in [2.24, 2.45) is 0 Å². The monoisotopic (exact) mass is 230 g/mol. The van der Waals surface area contributed by atoms with Gasteiger partial charge in [0.2, 0.25) is 0 Å². The molecule has 0 heterocycles. The summed E-state index contributed by atoms with van der Waals surface area (Å²) in [6, 6.07) is 12.4. The molecule has 2 heteroatoms. The molecule has 2 aromatic rings. The van der Waals surface area contributed by atoms with E-state index in [1.54, 1.807) is 7.11 Å². The van der Waals surface area contributed by atoms with Crippen LogP contribution in [0.2, 0.25) is 5.02 Å². The second-order valence-electron chi connectivity index (χ2n) is 3.94. The number of benzene rings is 2. The van der Waals surface area contributed by atoms with Crippen LogP contribution < -0.4 is 4.74 Å². The lowest BCUT2D eigenvalue weighted by molar-refractivity contribution is 0.414. The minimum atomic E-state index is 0.746. The first-order valence-corrected chi connectivity index (χ1v) is 5.62. The van der Waals surface area contributed by atoms with Crippen LogP contribution in [0.1, 0.15) is 11.1 Å². The quantitative estimate of drug-likeness (QED) is 0.616. The SMILES string of the molecule is COc1ccc2c(c1Cl)Cc1ccccc1-2. The molecule has 0 fully saturated rings. The van der Waals surface area contributed by atoms with Gasteiger partial charge in [-0.15, -0.1) is 0 Å². The van der Waals surface area contributed by atoms with Gasteiger partial charge < -0.3 is 4.74 Å². The third-order valence-corrected chi connectivity index (χ3v) is 3.52. The lowest BCUT2D eigenvalue weighted by atomic mass is 10.1. The van der Waals surface area contributed by atoms with E-state index in [0.717, 1.165) is 17.2 Å². The van der Waals surface area contributed by atoms with Gasteiger partial charge in [0, 0.05) is 6.42 Å². The highest BCUT2D eigenvalue weighted by atomic mass is 35.5. The first kappa shape index (κ1) is 9.73. The van der Waals surface area contributed by atoms with Gasteiger partial charge in [-0.25, -0.2) is 0 Å². The molecule has 0 saturated carbocycles. The highest BCUT2D eigenvalue weighted by molar-refractivity contribution is 6.33. The Kier molecular flexibility index (Phi) is 2.15. The molecule has 16 heavy (non-hydrogen) atoms. The summed E-state index contributed by atoms with van der Waals surface area (Å²) in [5.74, 6) is 0.758. The van der Waals surface area contributed by atoms with Gasteiger partial charge in [0.1, 0.15) is 5.75 Å². The van der Waals surface area contributed by atoms with Crippen LogP contribution in [0.25, 0.3) is 11.1 Å². The number of halogens is 1. The first-order chi connectivity index (χ1) is 7.81. The second kappa shape index (κ2) is 3.53. The first-order valence-electron chi connectivity index (χ1n) is 5.25. The zero-order valence-electron chi connectivity index (χ0n) is 8.96. The van der Waals surface area contributed by atoms with E-state index in [4.69, 9.17) is 16.3 Å². The van der Waals surface area contributed by atoms with E-state index in [1.165, 1.54) is 22.3 Å². The molecule has 0 unspecified atom stereocenters. The van der Waals surface area contributed by atoms with Crippen molar-refractivity contribution in [3.8, 4) is 16.9 Å². The zero-order valence-corrected chi connectivity index (χ0v) is 9.71. The van der Waals surface area contributed by atoms with Crippen LogP contribution in [-0.2, 0) is 6.42 Å². The molecule has 0 aromatic heterocycles. The second-order valence-corrected chi connectivity index (χ2v) is 4.32. The zero-order chi connectivity index (χ0) is 11.1. The van der Waals surface area contributed by atoms with Crippen molar-refractivity contribution in [1.29, 1.82) is 0 Å². The summed E-state index contributed by atoms with van der Waals surface area (Å²) < 4.78 is 5.24. The van der Waals surface area contributed by atoms with Crippen LogP contribution in [0.4, 0.5) is 0 Å². The van der Waals surface area contributed by atoms with Crippen molar-refractivity contribution in [2.75, 3.05) is 7.11 Å². The van der Waals surface area contributed by atoms with Crippen molar-refractivity contribution >= 4 is 11.6 Å². The van der Waals surface area contributed by atoms with Gasteiger partial charge in [-0.1, -0.05) is 41.9 Å². The van der Waals surface area contributed by atoms with Crippen LogP contribution in [0.15, 0.2) is 36.4 Å². The van der Waals surface area contributed by atoms with Crippen LogP contribution in [-0.4, -0.2) is 7.11 Å². The number of rotatable bonds is 1. The summed E-state index contributed by atoms with van der Waals surface area (Å²) >= 11 is 6.32. The predicted molar refractivity (Wildman–Crippen MR) is 66.2 cm³/mol. The lowest BCUT2D eigenvalue weighted by Crippen LogP contribution is -1.88. The summed E-state index contributed by atoms with van der Waals surface area (Å²) in [4.78, 5) is 0. The molecule has 0 aliphatic heterocycles. The normalized spacial score (nSPS) is 12.1. The number of methoxy groups -OCH3 is 1. The van der Waals surface area contributed by atoms with Gasteiger partial charge >= 0.3 is 0 Å². The van der Waals surface area contributed by atoms with Gasteiger partial charge in [-0.3, -0.25) is 0 Å². The Hall–Kier alpha value is -1.47. The maximum atomic E-state index is 6.32. The van der Waals surface area contributed by atoms with Gasteiger partial charge in [-0.2, -0.15) is 0 Å². The molecule has 1 aliphatic rings. The van der Waals surface area contributed by atoms with Gasteiger partial charge in [0.25, 0.3) is 0 Å². The van der Waals surface area contributed by atoms with Crippen molar-refractivity contribution in [3.63, 3.8) is 0 Å². The van der Waals surface area contributed by atoms with Crippen molar-refractivity contribution in [1.82, 2.24) is 0 Å². The molecule has 80 valence electrons. The summed E-state index contributed by atoms with van der Waals surface area (Å²) in [6.45, 7) is 0. The fourth-order valence-electron chi connectivity index (χ4n) is 2.31. The lowest BCUT2D eigenvalue weighted by Gasteiger charge is -2.07. The Morgan fingerprint density at radius 3 is 2.69 bits per heavy atom. The Morgan fingerprint density at radius 2 is 1.88 bits per heavy atom. The average molecular weight is 231 g/mol. The van der Waals surface area contributed by atoms with Crippen molar-refractivity contribution in [3.05, 3.63) is 52.5 Å². The number of fused-ring (bicyclic) bond motifs is 3. The Bertz CT molecular complexity index is 561. The molecule has 0 spiro atoms. The molecule has 1 aliphatic carbocycles. The largest absolute Gasteiger partial charge is 0.495 e. The molecule has 0 atom stereocenters. The molecule has 1 nitrogen and oxygen atoms in total. The predicted octanol–water partition coefficient (Wildman–Crippen LogP) is 3.92. The average Bonchev–Trinajstić information content (AvgIpc) is 2.69. The molecule has 0 radical (unpaired) electrons. The molecule has 3 rings (SSSR count). The number of ether oxygens (including phenoxy) is 1. The van der Waals surface area contributed by atoms with Gasteiger partial charge in [0.15, 0.2) is 0 Å². The van der Waals surface area contributed by atoms with Crippen LogP contribution in [0.3, 0.4) is 0 Å². The fraction of sp³-hybridized carbons (Fsp3) is 0.143. The van der Waals surface area contributed by atoms with E-state index in [1.807, 2.05) is 6.07 Å². The standard InChI is InChI=1S/C14H11ClO/c1-16-13-7-6-11-10-5-3-2-4-9(10)8-12(11)14(13)15/h2-7H,8H2,1H3. The number of hydrogen-bond acceptors (Lipinski definition) is 1. The molecule has 0 saturated heterocycles. The van der Waals surface area contributed by atoms with E-state index in [-0.39, 0.29) is 0 Å². The summed E-state index contributed by atoms with van der Waals surface area (Å²) in [5, 5.41) is 0.746. The van der Waals surface area contributed by atoms with Gasteiger partial charge in [0.05, 0.1) is 12.1 Å². The van der Waals surface area contributed by atoms with Crippen molar-refractivity contribution < 1.29 is 4.74 Å². The molecular formula is C14H11ClO. The molecular weight excluding hydrogens is 220 g/mol. The number of hydrogen-bond donors (Lipinski definition) is 0. The highest BCUT2D eigenvalue weighted by Gasteiger charge is 2.21. The maximum absolute atomic E-state index is 6.32. The summed E-state index contributed by atoms with van der Waals surface area (Å²) in [6.07, 6.45) is 0.904. The Morgan fingerprint density at radius 1 is 1.06 bits per heavy atom. The van der Waals surface area contributed by atoms with E-state index in [2.05, 4.69) is 30.3 Å². The maximum Gasteiger partial charge on any atom is 0.137 e. The third-order valence-electron chi connectivity index (χ3n) is 3.10. The van der Waals surface area contributed by atoms with E-state index in [0.29, 0.717) is 0 Å². The third kappa shape index (κ3) is 1.25. The fourth-order valence-corrected chi connectivity index (χ4v) is 2.62. The van der Waals surface area contributed by atoms with Crippen LogP contribution in [0, 0.1) is 0 Å². The summed E-state index contributed by atoms with van der Waals surface area (Å²) in [5.41, 5.74) is 5.05. The molecule has 0 bridgehead atoms. The Labute approximate surface area is 99.6 Å².